The van der Waals surface area contributed by atoms with E-state index in [-0.39, 0.29) is 5.82 Å². The summed E-state index contributed by atoms with van der Waals surface area (Å²) in [6.45, 7) is 0. The van der Waals surface area contributed by atoms with Crippen LogP contribution in [0.15, 0.2) is 76.1 Å². The number of hydrogen-bond donors (Lipinski definition) is 0. The van der Waals surface area contributed by atoms with Crippen LogP contribution in [0.4, 0.5) is 10.1 Å². The molecule has 0 aliphatic heterocycles. The molecule has 6 heteroatoms. The lowest BCUT2D eigenvalue weighted by atomic mass is 10.2. The Hall–Kier alpha value is -2.95. The average molecular weight is 411 g/mol. The SMILES string of the molecule is Fc1ccc(-c2nc3cc(N=C/C=C/c4ccc(Cl)cc4Cl)ccc3o2)cc1. The van der Waals surface area contributed by atoms with Gasteiger partial charge in [-0.1, -0.05) is 35.3 Å². The summed E-state index contributed by atoms with van der Waals surface area (Å²) >= 11 is 12.0. The fourth-order valence-electron chi connectivity index (χ4n) is 2.62. The third kappa shape index (κ3) is 4.14. The summed E-state index contributed by atoms with van der Waals surface area (Å²) in [4.78, 5) is 8.86. The van der Waals surface area contributed by atoms with E-state index < -0.39 is 0 Å². The first-order chi connectivity index (χ1) is 13.6. The second-order valence-electron chi connectivity index (χ2n) is 5.98. The highest BCUT2D eigenvalue weighted by atomic mass is 35.5. The molecular formula is C22H13Cl2FN2O. The first-order valence-corrected chi connectivity index (χ1v) is 9.16. The molecule has 4 rings (SSSR count). The summed E-state index contributed by atoms with van der Waals surface area (Å²) in [6.07, 6.45) is 5.32. The smallest absolute Gasteiger partial charge is 0.227 e. The van der Waals surface area contributed by atoms with E-state index in [1.54, 1.807) is 36.6 Å². The van der Waals surface area contributed by atoms with E-state index in [0.29, 0.717) is 32.6 Å². The fourth-order valence-corrected chi connectivity index (χ4v) is 3.10. The number of benzene rings is 3. The molecule has 0 aliphatic carbocycles. The van der Waals surface area contributed by atoms with Crippen molar-refractivity contribution in [2.75, 3.05) is 0 Å². The molecule has 0 fully saturated rings. The van der Waals surface area contributed by atoms with Crippen molar-refractivity contribution in [2.24, 2.45) is 4.99 Å². The molecule has 3 nitrogen and oxygen atoms in total. The number of allylic oxidation sites excluding steroid dienone is 1. The Kier molecular flexibility index (Phi) is 5.24. The van der Waals surface area contributed by atoms with Crippen LogP contribution in [-0.2, 0) is 0 Å². The predicted octanol–water partition coefficient (Wildman–Crippen LogP) is 7.36. The van der Waals surface area contributed by atoms with E-state index in [9.17, 15) is 4.39 Å². The number of aromatic nitrogens is 1. The number of rotatable bonds is 4. The van der Waals surface area contributed by atoms with E-state index >= 15 is 0 Å². The van der Waals surface area contributed by atoms with Gasteiger partial charge in [0.05, 0.1) is 5.69 Å². The normalized spacial score (nSPS) is 11.8. The van der Waals surface area contributed by atoms with E-state index in [4.69, 9.17) is 27.6 Å². The minimum Gasteiger partial charge on any atom is -0.436 e. The summed E-state index contributed by atoms with van der Waals surface area (Å²) in [5.41, 5.74) is 3.62. The van der Waals surface area contributed by atoms with Crippen LogP contribution in [0.1, 0.15) is 5.56 Å². The van der Waals surface area contributed by atoms with Crippen molar-refractivity contribution in [3.8, 4) is 11.5 Å². The zero-order chi connectivity index (χ0) is 19.5. The Morgan fingerprint density at radius 1 is 0.964 bits per heavy atom. The first kappa shape index (κ1) is 18.4. The van der Waals surface area contributed by atoms with E-state index in [2.05, 4.69) is 9.98 Å². The third-order valence-electron chi connectivity index (χ3n) is 4.01. The van der Waals surface area contributed by atoms with Gasteiger partial charge >= 0.3 is 0 Å². The van der Waals surface area contributed by atoms with Crippen LogP contribution in [0.25, 0.3) is 28.6 Å². The number of nitrogens with zero attached hydrogens (tertiary/aromatic N) is 2. The van der Waals surface area contributed by atoms with E-state index in [1.165, 1.54) is 12.1 Å². The molecule has 0 N–H and O–H groups in total. The van der Waals surface area contributed by atoms with Crippen LogP contribution in [0.3, 0.4) is 0 Å². The number of fused-ring (bicyclic) bond motifs is 1. The van der Waals surface area contributed by atoms with Crippen molar-refractivity contribution in [3.05, 3.63) is 88.2 Å². The maximum Gasteiger partial charge on any atom is 0.227 e. The lowest BCUT2D eigenvalue weighted by molar-refractivity contribution is 0.616. The molecule has 0 aliphatic rings. The van der Waals surface area contributed by atoms with Crippen LogP contribution >= 0.6 is 23.2 Å². The zero-order valence-corrected chi connectivity index (χ0v) is 16.0. The van der Waals surface area contributed by atoms with Gasteiger partial charge in [0.15, 0.2) is 5.58 Å². The quantitative estimate of drug-likeness (QED) is 0.329. The molecule has 0 atom stereocenters. The minimum atomic E-state index is -0.301. The molecule has 1 aromatic heterocycles. The summed E-state index contributed by atoms with van der Waals surface area (Å²) < 4.78 is 18.8. The van der Waals surface area contributed by atoms with Gasteiger partial charge in [0.2, 0.25) is 5.89 Å². The molecule has 0 spiro atoms. The highest BCUT2D eigenvalue weighted by Crippen LogP contribution is 2.27. The standard InChI is InChI=1S/C22H13Cl2FN2O/c23-16-6-3-14(19(24)12-16)2-1-11-26-18-9-10-21-20(13-18)27-22(28-21)15-4-7-17(25)8-5-15/h1-13H/b2-1+,26-11?. The fraction of sp³-hybridized carbons (Fsp3) is 0. The van der Waals surface area contributed by atoms with Gasteiger partial charge in [0, 0.05) is 21.8 Å². The van der Waals surface area contributed by atoms with Crippen LogP contribution in [0.2, 0.25) is 10.0 Å². The highest BCUT2D eigenvalue weighted by Gasteiger charge is 2.08. The molecule has 0 amide bonds. The third-order valence-corrected chi connectivity index (χ3v) is 4.57. The molecule has 1 heterocycles. The predicted molar refractivity (Wildman–Crippen MR) is 113 cm³/mol. The Labute approximate surface area is 170 Å². The van der Waals surface area contributed by atoms with Gasteiger partial charge in [-0.2, -0.15) is 0 Å². The molecule has 28 heavy (non-hydrogen) atoms. The molecular weight excluding hydrogens is 398 g/mol. The maximum absolute atomic E-state index is 13.1. The van der Waals surface area contributed by atoms with Crippen molar-refractivity contribution >= 4 is 52.3 Å². The summed E-state index contributed by atoms with van der Waals surface area (Å²) in [6, 6.07) is 16.8. The van der Waals surface area contributed by atoms with Crippen molar-refractivity contribution < 1.29 is 8.81 Å². The Morgan fingerprint density at radius 3 is 2.57 bits per heavy atom. The Bertz CT molecular complexity index is 1200. The van der Waals surface area contributed by atoms with E-state index in [0.717, 1.165) is 11.3 Å². The number of aliphatic imine (C=N–C) groups is 1. The van der Waals surface area contributed by atoms with Crippen molar-refractivity contribution in [2.45, 2.75) is 0 Å². The molecule has 138 valence electrons. The highest BCUT2D eigenvalue weighted by molar-refractivity contribution is 6.35. The largest absolute Gasteiger partial charge is 0.436 e. The molecule has 0 unspecified atom stereocenters. The van der Waals surface area contributed by atoms with Gasteiger partial charge in [0.25, 0.3) is 0 Å². The van der Waals surface area contributed by atoms with Crippen LogP contribution in [-0.4, -0.2) is 11.2 Å². The number of halogens is 3. The summed E-state index contributed by atoms with van der Waals surface area (Å²) in [5.74, 6) is 0.137. The molecule has 0 saturated carbocycles. The lowest BCUT2D eigenvalue weighted by Gasteiger charge is -1.97. The zero-order valence-electron chi connectivity index (χ0n) is 14.4. The monoisotopic (exact) mass is 410 g/mol. The Balaban J connectivity index is 1.53. The van der Waals surface area contributed by atoms with Gasteiger partial charge in [-0.15, -0.1) is 0 Å². The topological polar surface area (TPSA) is 38.4 Å². The summed E-state index contributed by atoms with van der Waals surface area (Å²) in [7, 11) is 0. The molecule has 0 saturated heterocycles. The molecule has 3 aromatic carbocycles. The summed E-state index contributed by atoms with van der Waals surface area (Å²) in [5, 5.41) is 1.17. The van der Waals surface area contributed by atoms with Gasteiger partial charge in [0.1, 0.15) is 11.3 Å². The van der Waals surface area contributed by atoms with Crippen molar-refractivity contribution in [3.63, 3.8) is 0 Å². The maximum atomic E-state index is 13.1. The second kappa shape index (κ2) is 7.97. The van der Waals surface area contributed by atoms with Crippen molar-refractivity contribution in [1.82, 2.24) is 4.98 Å². The molecule has 0 bridgehead atoms. The second-order valence-corrected chi connectivity index (χ2v) is 6.82. The van der Waals surface area contributed by atoms with Gasteiger partial charge in [-0.3, -0.25) is 4.99 Å². The van der Waals surface area contributed by atoms with Crippen LogP contribution < -0.4 is 0 Å². The molecule has 4 aromatic rings. The lowest BCUT2D eigenvalue weighted by Crippen LogP contribution is -1.78. The average Bonchev–Trinajstić information content (AvgIpc) is 3.10. The van der Waals surface area contributed by atoms with Crippen molar-refractivity contribution in [1.29, 1.82) is 0 Å². The Morgan fingerprint density at radius 2 is 1.79 bits per heavy atom. The van der Waals surface area contributed by atoms with Gasteiger partial charge < -0.3 is 4.42 Å². The minimum absolute atomic E-state index is 0.301. The van der Waals surface area contributed by atoms with Gasteiger partial charge in [-0.25, -0.2) is 9.37 Å². The first-order valence-electron chi connectivity index (χ1n) is 8.41. The van der Waals surface area contributed by atoms with Gasteiger partial charge in [-0.05, 0) is 66.2 Å². The number of oxazole rings is 1. The van der Waals surface area contributed by atoms with Crippen LogP contribution in [0.5, 0.6) is 0 Å². The number of hydrogen-bond acceptors (Lipinski definition) is 3. The molecule has 0 radical (unpaired) electrons. The van der Waals surface area contributed by atoms with E-state index in [1.807, 2.05) is 30.3 Å². The van der Waals surface area contributed by atoms with Crippen LogP contribution in [0, 0.1) is 5.82 Å².